The molecular weight excluding hydrogens is 1280 g/mol. The topological polar surface area (TPSA) is 19.7 Å². The van der Waals surface area contributed by atoms with E-state index >= 15 is 0 Å². The molecule has 0 aliphatic rings. The lowest BCUT2D eigenvalue weighted by atomic mass is 10.00. The Kier molecular flexibility index (Phi) is 16.9. The minimum absolute atomic E-state index is 0. The van der Waals surface area contributed by atoms with Gasteiger partial charge in [-0.3, -0.25) is 0 Å². The predicted molar refractivity (Wildman–Crippen MR) is 455 cm³/mol. The molecule has 20 aromatic rings. The van der Waals surface area contributed by atoms with Gasteiger partial charge in [-0.2, -0.15) is 0 Å². The predicted octanol–water partition coefficient (Wildman–Crippen LogP) is 28.3. The first-order valence-corrected chi connectivity index (χ1v) is 36.0. The summed E-state index contributed by atoms with van der Waals surface area (Å²) in [6, 6.07) is 134. The van der Waals surface area contributed by atoms with Crippen molar-refractivity contribution in [2.75, 3.05) is 0 Å². The van der Waals surface area contributed by atoms with Crippen LogP contribution in [-0.2, 0) is 0 Å². The van der Waals surface area contributed by atoms with E-state index in [1.165, 1.54) is 188 Å². The van der Waals surface area contributed by atoms with E-state index in [1.807, 2.05) is 0 Å². The molecule has 0 aliphatic heterocycles. The molecule has 0 unspecified atom stereocenters. The van der Waals surface area contributed by atoms with Crippen molar-refractivity contribution >= 4 is 87.2 Å². The zero-order chi connectivity index (χ0) is 69.5. The summed E-state index contributed by atoms with van der Waals surface area (Å²) in [5.74, 6) is 0. The Morgan fingerprint density at radius 3 is 0.689 bits per heavy atom. The van der Waals surface area contributed by atoms with Gasteiger partial charge in [0.25, 0.3) is 0 Å². The van der Waals surface area contributed by atoms with Crippen LogP contribution in [0, 0.1) is 27.7 Å². The molecule has 0 fully saturated rings. The second kappa shape index (κ2) is 27.2. The molecule has 0 saturated carbocycles. The molecule has 4 nitrogen and oxygen atoms in total. The van der Waals surface area contributed by atoms with E-state index in [0.29, 0.717) is 0 Å². The summed E-state index contributed by atoms with van der Waals surface area (Å²) >= 11 is 0. The Hall–Kier alpha value is -13.3. The summed E-state index contributed by atoms with van der Waals surface area (Å²) in [6.45, 7) is 8.65. The zero-order valence-corrected chi connectivity index (χ0v) is 58.4. The quantitative estimate of drug-likeness (QED) is 0.130. The van der Waals surface area contributed by atoms with Crippen molar-refractivity contribution in [1.29, 1.82) is 0 Å². The molecular formula is C102H80N4. The minimum Gasteiger partial charge on any atom is -0.309 e. The van der Waals surface area contributed by atoms with Gasteiger partial charge in [-0.15, -0.1) is 0 Å². The van der Waals surface area contributed by atoms with E-state index in [9.17, 15) is 0 Å². The molecule has 0 radical (unpaired) electrons. The molecule has 0 atom stereocenters. The van der Waals surface area contributed by atoms with Gasteiger partial charge in [0, 0.05) is 65.8 Å². The maximum absolute atomic E-state index is 2.42. The molecule has 0 saturated heterocycles. The van der Waals surface area contributed by atoms with Crippen LogP contribution in [0.5, 0.6) is 0 Å². The second-order valence-electron chi connectivity index (χ2n) is 28.0. The largest absolute Gasteiger partial charge is 0.309 e. The lowest BCUT2D eigenvalue weighted by molar-refractivity contribution is 1.18. The Morgan fingerprint density at radius 2 is 0.368 bits per heavy atom. The Balaban J connectivity index is 0.000000153. The molecule has 106 heavy (non-hydrogen) atoms. The van der Waals surface area contributed by atoms with Crippen molar-refractivity contribution in [3.8, 4) is 89.5 Å². The fourth-order valence-electron chi connectivity index (χ4n) is 16.2. The number of fused-ring (bicyclic) bond motifs is 12. The molecule has 20 rings (SSSR count). The van der Waals surface area contributed by atoms with Crippen LogP contribution in [0.4, 0.5) is 0 Å². The Bertz CT molecular complexity index is 6290. The Labute approximate surface area is 619 Å². The number of para-hydroxylation sites is 2. The number of nitrogens with zero attached hydrogens (tertiary/aromatic N) is 4. The van der Waals surface area contributed by atoms with Gasteiger partial charge in [-0.05, 0) is 227 Å². The summed E-state index contributed by atoms with van der Waals surface area (Å²) in [5, 5.41) is 10.1. The van der Waals surface area contributed by atoms with E-state index < -0.39 is 0 Å². The van der Waals surface area contributed by atoms with Gasteiger partial charge in [0.05, 0.1) is 44.1 Å². The highest BCUT2D eigenvalue weighted by Gasteiger charge is 2.20. The SMILES string of the molecule is C.C.Cc1ccc2c3cc(-c4ccc5c(c4)c4ccc(C)cc4n5-c4ccc(-c5ccccc5)cc4)ccc3n(-c3ccc(-c4ccccc4)cc3)c2c1.Cc1cccc(-c2ccc(-n3c4ccccc4c4cc(-c5ccc6c(c5)c5ccccc5n6-c5ccc(-c6cccc(C)c6)cc5)ccc43)cc2)c1. The molecule has 4 heteroatoms. The number of hydrogen-bond donors (Lipinski definition) is 0. The number of aryl methyl sites for hydroxylation is 4. The third-order valence-electron chi connectivity index (χ3n) is 21.3. The first kappa shape index (κ1) is 66.0. The minimum atomic E-state index is 0. The maximum atomic E-state index is 2.42. The number of benzene rings is 16. The Morgan fingerprint density at radius 1 is 0.142 bits per heavy atom. The third-order valence-corrected chi connectivity index (χ3v) is 21.3. The number of aromatic nitrogens is 4. The zero-order valence-electron chi connectivity index (χ0n) is 58.4. The van der Waals surface area contributed by atoms with Gasteiger partial charge in [0.1, 0.15) is 0 Å². The standard InChI is InChI=1S/2C50H36N2.2CH4/c1-33-9-7-11-37(29-33)35-17-23-41(24-18-35)51-47-15-5-3-13-43(47)45-31-39(21-27-49(45)51)40-22-28-50-46(32-40)44-14-4-6-16-48(44)52(50)42-25-19-36(20-26-42)38-12-8-10-34(2)30-38;1-33-13-25-43-45-31-39(19-27-47(45)51(49(43)29-33)41-21-15-37(16-22-41)35-9-5-3-6-10-35)40-20-28-48-46(32-40)44-26-14-34(2)30-50(44)52(48)42-23-17-38(18-24-42)36-11-7-4-8-12-36;;/h2*3-32H,1-2H3;2*1H4. The molecule has 0 spiro atoms. The van der Waals surface area contributed by atoms with Crippen molar-refractivity contribution in [2.24, 2.45) is 0 Å². The normalized spacial score (nSPS) is 11.4. The fourth-order valence-corrected chi connectivity index (χ4v) is 16.2. The molecule has 0 amide bonds. The molecule has 4 aromatic heterocycles. The summed E-state index contributed by atoms with van der Waals surface area (Å²) in [7, 11) is 0. The van der Waals surface area contributed by atoms with Crippen LogP contribution in [0.3, 0.4) is 0 Å². The number of hydrogen-bond acceptors (Lipinski definition) is 0. The molecule has 16 aromatic carbocycles. The first-order chi connectivity index (χ1) is 51.2. The van der Waals surface area contributed by atoms with Crippen LogP contribution in [0.1, 0.15) is 37.1 Å². The van der Waals surface area contributed by atoms with Crippen LogP contribution in [-0.4, -0.2) is 18.3 Å². The van der Waals surface area contributed by atoms with Gasteiger partial charge < -0.3 is 18.3 Å². The molecule has 0 aliphatic carbocycles. The van der Waals surface area contributed by atoms with Crippen molar-refractivity contribution in [3.63, 3.8) is 0 Å². The van der Waals surface area contributed by atoms with Crippen molar-refractivity contribution in [1.82, 2.24) is 18.3 Å². The lowest BCUT2D eigenvalue weighted by Crippen LogP contribution is -1.94. The van der Waals surface area contributed by atoms with Gasteiger partial charge in [-0.1, -0.05) is 269 Å². The van der Waals surface area contributed by atoms with Crippen LogP contribution < -0.4 is 0 Å². The van der Waals surface area contributed by atoms with Gasteiger partial charge in [0.2, 0.25) is 0 Å². The van der Waals surface area contributed by atoms with E-state index in [-0.39, 0.29) is 14.9 Å². The maximum Gasteiger partial charge on any atom is 0.0543 e. The van der Waals surface area contributed by atoms with Crippen LogP contribution >= 0.6 is 0 Å². The average molecular weight is 1360 g/mol. The average Bonchev–Trinajstić information content (AvgIpc) is 1.60. The summed E-state index contributed by atoms with van der Waals surface area (Å²) in [6.07, 6.45) is 0. The van der Waals surface area contributed by atoms with Crippen molar-refractivity contribution in [2.45, 2.75) is 42.5 Å². The smallest absolute Gasteiger partial charge is 0.0543 e. The first-order valence-electron chi connectivity index (χ1n) is 36.0. The van der Waals surface area contributed by atoms with Crippen LogP contribution in [0.2, 0.25) is 0 Å². The summed E-state index contributed by atoms with van der Waals surface area (Å²) in [4.78, 5) is 0. The fraction of sp³-hybridized carbons (Fsp3) is 0.0588. The van der Waals surface area contributed by atoms with Crippen molar-refractivity contribution in [3.05, 3.63) is 386 Å². The highest BCUT2D eigenvalue weighted by atomic mass is 15.0. The van der Waals surface area contributed by atoms with Crippen LogP contribution in [0.15, 0.2) is 364 Å². The van der Waals surface area contributed by atoms with Gasteiger partial charge in [-0.25, -0.2) is 0 Å². The molecule has 0 bridgehead atoms. The summed E-state index contributed by atoms with van der Waals surface area (Å²) < 4.78 is 9.63. The number of rotatable bonds is 10. The highest BCUT2D eigenvalue weighted by Crippen LogP contribution is 2.43. The highest BCUT2D eigenvalue weighted by molar-refractivity contribution is 6.15. The van der Waals surface area contributed by atoms with Crippen LogP contribution in [0.25, 0.3) is 177 Å². The van der Waals surface area contributed by atoms with E-state index in [0.717, 1.165) is 11.4 Å². The molecule has 508 valence electrons. The van der Waals surface area contributed by atoms with E-state index in [4.69, 9.17) is 0 Å². The van der Waals surface area contributed by atoms with E-state index in [2.05, 4.69) is 410 Å². The second-order valence-corrected chi connectivity index (χ2v) is 28.0. The van der Waals surface area contributed by atoms with Gasteiger partial charge in [0.15, 0.2) is 0 Å². The van der Waals surface area contributed by atoms with Crippen molar-refractivity contribution < 1.29 is 0 Å². The lowest BCUT2D eigenvalue weighted by Gasteiger charge is -2.11. The summed E-state index contributed by atoms with van der Waals surface area (Å²) in [5.41, 5.74) is 34.1. The third kappa shape index (κ3) is 11.6. The van der Waals surface area contributed by atoms with Gasteiger partial charge >= 0.3 is 0 Å². The molecule has 0 N–H and O–H groups in total. The van der Waals surface area contributed by atoms with E-state index in [1.54, 1.807) is 0 Å². The molecule has 4 heterocycles. The monoisotopic (exact) mass is 1360 g/mol.